The summed E-state index contributed by atoms with van der Waals surface area (Å²) in [6.45, 7) is 9.72. The fraction of sp³-hybridized carbons (Fsp3) is 0.667. The number of ketones is 1. The molecule has 0 amide bonds. The Labute approximate surface area is 135 Å². The molecule has 118 valence electrons. The van der Waals surface area contributed by atoms with Crippen molar-refractivity contribution in [2.75, 3.05) is 29.5 Å². The van der Waals surface area contributed by atoms with Gasteiger partial charge in [0.1, 0.15) is 5.00 Å². The Morgan fingerprint density at radius 1 is 1.52 bits per heavy atom. The molecule has 1 aromatic heterocycles. The summed E-state index contributed by atoms with van der Waals surface area (Å²) in [6, 6.07) is 0. The maximum atomic E-state index is 11.8. The Kier molecular flexibility index (Phi) is 5.43. The number of hydrogen-bond acceptors (Lipinski definition) is 6. The van der Waals surface area contributed by atoms with Crippen molar-refractivity contribution >= 4 is 39.6 Å². The van der Waals surface area contributed by atoms with Crippen molar-refractivity contribution in [3.8, 4) is 5.75 Å². The Bertz CT molecular complexity index is 514. The van der Waals surface area contributed by atoms with Gasteiger partial charge in [0.2, 0.25) is 0 Å². The molecule has 0 aromatic carbocycles. The van der Waals surface area contributed by atoms with Crippen LogP contribution in [0.4, 0.5) is 10.7 Å². The molecule has 0 spiro atoms. The highest BCUT2D eigenvalue weighted by Crippen LogP contribution is 2.46. The van der Waals surface area contributed by atoms with Gasteiger partial charge in [-0.3, -0.25) is 4.79 Å². The second-order valence-corrected chi connectivity index (χ2v) is 7.96. The van der Waals surface area contributed by atoms with Gasteiger partial charge in [-0.25, -0.2) is 0 Å². The van der Waals surface area contributed by atoms with Gasteiger partial charge < -0.3 is 15.4 Å². The van der Waals surface area contributed by atoms with Crippen LogP contribution < -0.4 is 15.4 Å². The van der Waals surface area contributed by atoms with Crippen molar-refractivity contribution < 1.29 is 9.53 Å². The van der Waals surface area contributed by atoms with Gasteiger partial charge in [0.15, 0.2) is 11.5 Å². The fourth-order valence-electron chi connectivity index (χ4n) is 2.39. The maximum absolute atomic E-state index is 11.8. The van der Waals surface area contributed by atoms with Gasteiger partial charge in [-0.05, 0) is 20.3 Å². The summed E-state index contributed by atoms with van der Waals surface area (Å²) in [5, 5.41) is 1.65. The molecule has 1 saturated heterocycles. The zero-order valence-corrected chi connectivity index (χ0v) is 14.8. The molecule has 1 fully saturated rings. The first-order chi connectivity index (χ1) is 9.93. The molecular weight excluding hydrogens is 304 g/mol. The summed E-state index contributed by atoms with van der Waals surface area (Å²) in [4.78, 5) is 14.7. The largest absolute Gasteiger partial charge is 0.486 e. The van der Waals surface area contributed by atoms with Crippen molar-refractivity contribution in [2.24, 2.45) is 0 Å². The summed E-state index contributed by atoms with van der Waals surface area (Å²) in [7, 11) is 0. The molecule has 0 saturated carbocycles. The fourth-order valence-corrected chi connectivity index (χ4v) is 4.65. The Morgan fingerprint density at radius 2 is 2.24 bits per heavy atom. The van der Waals surface area contributed by atoms with Gasteiger partial charge in [-0.1, -0.05) is 6.92 Å². The van der Waals surface area contributed by atoms with Crippen molar-refractivity contribution in [1.29, 1.82) is 0 Å². The first-order valence-electron chi connectivity index (χ1n) is 7.40. The number of thiophene rings is 1. The third kappa shape index (κ3) is 3.66. The highest BCUT2D eigenvalue weighted by atomic mass is 32.2. The van der Waals surface area contributed by atoms with E-state index in [1.165, 1.54) is 11.3 Å². The molecule has 1 aliphatic heterocycles. The lowest BCUT2D eigenvalue weighted by Crippen LogP contribution is -2.37. The maximum Gasteiger partial charge on any atom is 0.177 e. The molecule has 4 nitrogen and oxygen atoms in total. The van der Waals surface area contributed by atoms with Crippen LogP contribution in [0, 0.1) is 0 Å². The minimum Gasteiger partial charge on any atom is -0.486 e. The van der Waals surface area contributed by atoms with E-state index < -0.39 is 0 Å². The number of Topliss-reactive ketones (excluding diaryl/α,β-unsaturated/α-hetero) is 1. The van der Waals surface area contributed by atoms with Gasteiger partial charge in [-0.15, -0.1) is 11.3 Å². The predicted molar refractivity (Wildman–Crippen MR) is 93.2 cm³/mol. The molecule has 0 radical (unpaired) electrons. The Morgan fingerprint density at radius 3 is 2.81 bits per heavy atom. The Balaban J connectivity index is 2.36. The number of thioether (sulfide) groups is 1. The second-order valence-electron chi connectivity index (χ2n) is 5.55. The van der Waals surface area contributed by atoms with E-state index in [0.717, 1.165) is 30.3 Å². The average molecular weight is 329 g/mol. The molecular formula is C15H24N2O2S2. The van der Waals surface area contributed by atoms with E-state index in [-0.39, 0.29) is 11.9 Å². The van der Waals surface area contributed by atoms with Gasteiger partial charge in [0, 0.05) is 31.0 Å². The lowest BCUT2D eigenvalue weighted by atomic mass is 10.2. The molecule has 2 N–H and O–H groups in total. The minimum absolute atomic E-state index is 0.00998. The zero-order valence-electron chi connectivity index (χ0n) is 13.1. The van der Waals surface area contributed by atoms with E-state index in [4.69, 9.17) is 10.5 Å². The molecule has 6 heteroatoms. The molecule has 21 heavy (non-hydrogen) atoms. The number of rotatable bonds is 5. The molecule has 1 aromatic rings. The van der Waals surface area contributed by atoms with Crippen LogP contribution in [0.25, 0.3) is 0 Å². The van der Waals surface area contributed by atoms with Crippen LogP contribution in [0.15, 0.2) is 0 Å². The number of anilines is 2. The number of nitrogen functional groups attached to an aromatic ring is 1. The number of hydrogen-bond donors (Lipinski definition) is 1. The van der Waals surface area contributed by atoms with Crippen LogP contribution in [0.2, 0.25) is 0 Å². The number of carbonyl (C=O) groups is 1. The van der Waals surface area contributed by atoms with Crippen LogP contribution in [0.3, 0.4) is 0 Å². The van der Waals surface area contributed by atoms with E-state index in [9.17, 15) is 4.79 Å². The molecule has 1 unspecified atom stereocenters. The normalized spacial score (nSPS) is 19.1. The predicted octanol–water partition coefficient (Wildman–Crippen LogP) is 3.65. The average Bonchev–Trinajstić information content (AvgIpc) is 2.76. The number of nitrogens with zero attached hydrogens (tertiary/aromatic N) is 1. The highest BCUT2D eigenvalue weighted by molar-refractivity contribution is 8.00. The minimum atomic E-state index is 0.00998. The van der Waals surface area contributed by atoms with E-state index in [0.29, 0.717) is 21.6 Å². The van der Waals surface area contributed by atoms with Crippen molar-refractivity contribution in [3.63, 3.8) is 0 Å². The first kappa shape index (κ1) is 16.5. The first-order valence-corrected chi connectivity index (χ1v) is 9.26. The lowest BCUT2D eigenvalue weighted by molar-refractivity contribution is 0.102. The van der Waals surface area contributed by atoms with E-state index in [2.05, 4.69) is 11.8 Å². The van der Waals surface area contributed by atoms with E-state index >= 15 is 0 Å². The number of carbonyl (C=O) groups excluding carboxylic acids is 1. The molecule has 1 aliphatic rings. The molecule has 2 heterocycles. The second kappa shape index (κ2) is 6.92. The standard InChI is InChI=1S/C15H24N2O2S2/c1-5-11-8-17(6-7-20-11)15-13(19-9(2)3)12(16)14(21-15)10(4)18/h9,11H,5-8,16H2,1-4H3. The summed E-state index contributed by atoms with van der Waals surface area (Å²) in [6.07, 6.45) is 1.20. The van der Waals surface area contributed by atoms with E-state index in [1.54, 1.807) is 6.92 Å². The van der Waals surface area contributed by atoms with Crippen LogP contribution in [-0.4, -0.2) is 36.0 Å². The number of nitrogens with two attached hydrogens (primary N) is 1. The third-order valence-corrected chi connectivity index (χ3v) is 6.16. The Hall–Kier alpha value is -0.880. The van der Waals surface area contributed by atoms with Crippen LogP contribution >= 0.6 is 23.1 Å². The van der Waals surface area contributed by atoms with E-state index in [1.807, 2.05) is 25.6 Å². The van der Waals surface area contributed by atoms with Crippen LogP contribution in [0.1, 0.15) is 43.8 Å². The molecule has 0 aliphatic carbocycles. The summed E-state index contributed by atoms with van der Waals surface area (Å²) in [5.74, 6) is 1.81. The van der Waals surface area contributed by atoms with Crippen molar-refractivity contribution in [1.82, 2.24) is 0 Å². The SMILES string of the molecule is CCC1CN(c2sc(C(C)=O)c(N)c2OC(C)C)CCS1. The third-order valence-electron chi connectivity index (χ3n) is 3.44. The lowest BCUT2D eigenvalue weighted by Gasteiger charge is -2.33. The quantitative estimate of drug-likeness (QED) is 0.836. The van der Waals surface area contributed by atoms with Gasteiger partial charge in [-0.2, -0.15) is 11.8 Å². The molecule has 1 atom stereocenters. The number of ether oxygens (including phenoxy) is 1. The van der Waals surface area contributed by atoms with Crippen LogP contribution in [-0.2, 0) is 0 Å². The summed E-state index contributed by atoms with van der Waals surface area (Å²) < 4.78 is 5.91. The van der Waals surface area contributed by atoms with Gasteiger partial charge in [0.25, 0.3) is 0 Å². The zero-order chi connectivity index (χ0) is 15.6. The molecule has 2 rings (SSSR count). The highest BCUT2D eigenvalue weighted by Gasteiger charge is 2.28. The summed E-state index contributed by atoms with van der Waals surface area (Å²) >= 11 is 3.50. The van der Waals surface area contributed by atoms with Gasteiger partial charge >= 0.3 is 0 Å². The summed E-state index contributed by atoms with van der Waals surface area (Å²) in [5.41, 5.74) is 6.66. The smallest absolute Gasteiger partial charge is 0.177 e. The molecule has 0 bridgehead atoms. The topological polar surface area (TPSA) is 55.6 Å². The van der Waals surface area contributed by atoms with Crippen molar-refractivity contribution in [2.45, 2.75) is 45.5 Å². The van der Waals surface area contributed by atoms with Gasteiger partial charge in [0.05, 0.1) is 16.7 Å². The van der Waals surface area contributed by atoms with Crippen LogP contribution in [0.5, 0.6) is 5.75 Å². The monoisotopic (exact) mass is 328 g/mol. The van der Waals surface area contributed by atoms with Crippen molar-refractivity contribution in [3.05, 3.63) is 4.88 Å².